The summed E-state index contributed by atoms with van der Waals surface area (Å²) in [6.45, 7) is 1.66. The lowest BCUT2D eigenvalue weighted by Crippen LogP contribution is -2.16. The highest BCUT2D eigenvalue weighted by atomic mass is 19.1. The molecule has 28 heavy (non-hydrogen) atoms. The predicted molar refractivity (Wildman–Crippen MR) is 104 cm³/mol. The predicted octanol–water partition coefficient (Wildman–Crippen LogP) is 3.94. The number of rotatable bonds is 6. The van der Waals surface area contributed by atoms with E-state index in [2.05, 4.69) is 20.6 Å². The zero-order chi connectivity index (χ0) is 20.1. The molecule has 2 N–H and O–H groups in total. The summed E-state index contributed by atoms with van der Waals surface area (Å²) in [6.07, 6.45) is 0. The molecule has 0 aliphatic carbocycles. The number of halogens is 1. The summed E-state index contributed by atoms with van der Waals surface area (Å²) in [7, 11) is 3.11. The third-order valence-corrected chi connectivity index (χ3v) is 3.86. The Morgan fingerprint density at radius 3 is 2.50 bits per heavy atom. The molecule has 3 rings (SSSR count). The number of aromatic nitrogens is 2. The highest BCUT2D eigenvalue weighted by Gasteiger charge is 2.14. The Morgan fingerprint density at radius 2 is 1.79 bits per heavy atom. The molecule has 144 valence electrons. The molecule has 0 unspecified atom stereocenters. The minimum Gasteiger partial charge on any atom is -0.497 e. The second kappa shape index (κ2) is 8.34. The average Bonchev–Trinajstić information content (AvgIpc) is 2.69. The van der Waals surface area contributed by atoms with E-state index in [4.69, 9.17) is 9.47 Å². The van der Waals surface area contributed by atoms with Gasteiger partial charge in [0.05, 0.1) is 25.6 Å². The second-order valence-electron chi connectivity index (χ2n) is 5.81. The molecular weight excluding hydrogens is 363 g/mol. The highest BCUT2D eigenvalue weighted by Crippen LogP contribution is 2.31. The molecule has 1 amide bonds. The van der Waals surface area contributed by atoms with Crippen LogP contribution in [0.3, 0.4) is 0 Å². The first-order valence-electron chi connectivity index (χ1n) is 8.41. The molecule has 1 heterocycles. The lowest BCUT2D eigenvalue weighted by atomic mass is 10.2. The lowest BCUT2D eigenvalue weighted by Gasteiger charge is -2.13. The smallest absolute Gasteiger partial charge is 0.274 e. The fourth-order valence-corrected chi connectivity index (χ4v) is 2.55. The summed E-state index contributed by atoms with van der Waals surface area (Å²) in [5, 5.41) is 5.61. The third kappa shape index (κ3) is 4.35. The maximum Gasteiger partial charge on any atom is 0.274 e. The van der Waals surface area contributed by atoms with Crippen molar-refractivity contribution in [1.82, 2.24) is 9.97 Å². The van der Waals surface area contributed by atoms with Crippen LogP contribution in [-0.2, 0) is 0 Å². The van der Waals surface area contributed by atoms with Crippen molar-refractivity contribution in [3.05, 3.63) is 65.9 Å². The Kier molecular flexibility index (Phi) is 5.69. The van der Waals surface area contributed by atoms with Crippen LogP contribution in [0.4, 0.5) is 21.6 Å². The summed E-state index contributed by atoms with van der Waals surface area (Å²) < 4.78 is 24.3. The van der Waals surface area contributed by atoms with E-state index in [1.807, 2.05) is 0 Å². The molecule has 0 aliphatic heterocycles. The van der Waals surface area contributed by atoms with E-state index in [9.17, 15) is 9.18 Å². The topological polar surface area (TPSA) is 85.4 Å². The van der Waals surface area contributed by atoms with E-state index in [1.165, 1.54) is 18.2 Å². The first-order chi connectivity index (χ1) is 13.5. The number of amides is 1. The van der Waals surface area contributed by atoms with Crippen LogP contribution in [0.2, 0.25) is 0 Å². The normalized spacial score (nSPS) is 10.3. The van der Waals surface area contributed by atoms with Crippen LogP contribution in [0.15, 0.2) is 48.5 Å². The van der Waals surface area contributed by atoms with Crippen LogP contribution in [0.1, 0.15) is 16.3 Å². The van der Waals surface area contributed by atoms with Crippen LogP contribution in [0.5, 0.6) is 11.5 Å². The zero-order valence-corrected chi connectivity index (χ0v) is 15.6. The van der Waals surface area contributed by atoms with Crippen LogP contribution >= 0.6 is 0 Å². The molecule has 0 atom stereocenters. The number of carbonyl (C=O) groups excluding carboxylic acids is 1. The summed E-state index contributed by atoms with van der Waals surface area (Å²) >= 11 is 0. The van der Waals surface area contributed by atoms with E-state index in [-0.39, 0.29) is 11.4 Å². The number of nitrogens with zero attached hydrogens (tertiary/aromatic N) is 2. The lowest BCUT2D eigenvalue weighted by molar-refractivity contribution is 0.102. The molecule has 0 bridgehead atoms. The second-order valence-corrected chi connectivity index (χ2v) is 5.81. The number of para-hydroxylation sites is 1. The van der Waals surface area contributed by atoms with E-state index in [1.54, 1.807) is 51.5 Å². The molecule has 0 spiro atoms. The third-order valence-electron chi connectivity index (χ3n) is 3.86. The summed E-state index contributed by atoms with van der Waals surface area (Å²) in [6, 6.07) is 12.7. The summed E-state index contributed by atoms with van der Waals surface area (Å²) in [5.74, 6) is 0.904. The van der Waals surface area contributed by atoms with Gasteiger partial charge in [-0.1, -0.05) is 12.1 Å². The Hall–Kier alpha value is -3.68. The standard InChI is InChI=1S/C20H19FN4O3/c1-12-22-17(20(26)25-15-7-5-4-6-14(15)21)11-19(23-12)24-16-10-13(27-2)8-9-18(16)28-3/h4-11H,1-3H3,(H,25,26)(H,22,23,24). The summed E-state index contributed by atoms with van der Waals surface area (Å²) in [4.78, 5) is 20.9. The molecule has 0 fully saturated rings. The van der Waals surface area contributed by atoms with Crippen molar-refractivity contribution in [3.8, 4) is 11.5 Å². The number of aryl methyl sites for hydroxylation is 1. The van der Waals surface area contributed by atoms with Crippen molar-refractivity contribution < 1.29 is 18.7 Å². The van der Waals surface area contributed by atoms with Gasteiger partial charge in [-0.2, -0.15) is 0 Å². The van der Waals surface area contributed by atoms with E-state index in [0.29, 0.717) is 28.8 Å². The van der Waals surface area contributed by atoms with E-state index >= 15 is 0 Å². The van der Waals surface area contributed by atoms with E-state index in [0.717, 1.165) is 0 Å². The number of hydrogen-bond acceptors (Lipinski definition) is 6. The number of methoxy groups -OCH3 is 2. The maximum absolute atomic E-state index is 13.8. The average molecular weight is 382 g/mol. The minimum absolute atomic E-state index is 0.0766. The number of hydrogen-bond donors (Lipinski definition) is 2. The summed E-state index contributed by atoms with van der Waals surface area (Å²) in [5.41, 5.74) is 0.785. The Morgan fingerprint density at radius 1 is 1.00 bits per heavy atom. The van der Waals surface area contributed by atoms with Gasteiger partial charge in [-0.15, -0.1) is 0 Å². The first-order valence-corrected chi connectivity index (χ1v) is 8.41. The molecule has 0 saturated carbocycles. The van der Waals surface area contributed by atoms with Gasteiger partial charge < -0.3 is 20.1 Å². The molecule has 0 radical (unpaired) electrons. The molecule has 7 nitrogen and oxygen atoms in total. The van der Waals surface area contributed by atoms with Gasteiger partial charge >= 0.3 is 0 Å². The van der Waals surface area contributed by atoms with Crippen molar-refractivity contribution in [2.24, 2.45) is 0 Å². The first kappa shape index (κ1) is 19.1. The van der Waals surface area contributed by atoms with Gasteiger partial charge in [-0.05, 0) is 31.2 Å². The Bertz CT molecular complexity index is 1010. The van der Waals surface area contributed by atoms with Gasteiger partial charge in [0.1, 0.15) is 34.7 Å². The van der Waals surface area contributed by atoms with Crippen molar-refractivity contribution in [3.63, 3.8) is 0 Å². The van der Waals surface area contributed by atoms with Crippen molar-refractivity contribution >= 4 is 23.1 Å². The number of anilines is 3. The van der Waals surface area contributed by atoms with Gasteiger partial charge in [0, 0.05) is 12.1 Å². The monoisotopic (exact) mass is 382 g/mol. The fraction of sp³-hybridized carbons (Fsp3) is 0.150. The van der Waals surface area contributed by atoms with Crippen LogP contribution in [0.25, 0.3) is 0 Å². The minimum atomic E-state index is -0.545. The molecule has 2 aromatic carbocycles. The number of carbonyl (C=O) groups is 1. The fourth-order valence-electron chi connectivity index (χ4n) is 2.55. The molecule has 8 heteroatoms. The van der Waals surface area contributed by atoms with Gasteiger partial charge in [0.2, 0.25) is 0 Å². The van der Waals surface area contributed by atoms with E-state index < -0.39 is 11.7 Å². The molecule has 3 aromatic rings. The number of nitrogens with one attached hydrogen (secondary N) is 2. The molecule has 0 saturated heterocycles. The zero-order valence-electron chi connectivity index (χ0n) is 15.6. The molecule has 1 aromatic heterocycles. The van der Waals surface area contributed by atoms with Gasteiger partial charge in [-0.25, -0.2) is 14.4 Å². The maximum atomic E-state index is 13.8. The van der Waals surface area contributed by atoms with Gasteiger partial charge in [-0.3, -0.25) is 4.79 Å². The van der Waals surface area contributed by atoms with Crippen LogP contribution < -0.4 is 20.1 Å². The highest BCUT2D eigenvalue weighted by molar-refractivity contribution is 6.03. The van der Waals surface area contributed by atoms with Crippen LogP contribution in [0, 0.1) is 12.7 Å². The SMILES string of the molecule is COc1ccc(OC)c(Nc2cc(C(=O)Nc3ccccc3F)nc(C)n2)c1. The molecular formula is C20H19FN4O3. The van der Waals surface area contributed by atoms with Gasteiger partial charge in [0.25, 0.3) is 5.91 Å². The van der Waals surface area contributed by atoms with Crippen molar-refractivity contribution in [2.75, 3.05) is 24.9 Å². The Balaban J connectivity index is 1.88. The van der Waals surface area contributed by atoms with Gasteiger partial charge in [0.15, 0.2) is 0 Å². The number of benzene rings is 2. The largest absolute Gasteiger partial charge is 0.497 e. The van der Waals surface area contributed by atoms with Crippen molar-refractivity contribution in [1.29, 1.82) is 0 Å². The van der Waals surface area contributed by atoms with Crippen LogP contribution in [-0.4, -0.2) is 30.1 Å². The molecule has 0 aliphatic rings. The Labute approximate surface area is 161 Å². The number of ether oxygens (including phenoxy) is 2. The quantitative estimate of drug-likeness (QED) is 0.672. The van der Waals surface area contributed by atoms with Crippen molar-refractivity contribution in [2.45, 2.75) is 6.92 Å².